The Kier molecular flexibility index (Phi) is 5.87. The van der Waals surface area contributed by atoms with Gasteiger partial charge in [0.1, 0.15) is 0 Å². The number of benzene rings is 2. The summed E-state index contributed by atoms with van der Waals surface area (Å²) in [6.07, 6.45) is 0.270. The van der Waals surface area contributed by atoms with E-state index in [1.54, 1.807) is 0 Å². The number of carbonyl (C=O) groups is 1. The van der Waals surface area contributed by atoms with E-state index in [4.69, 9.17) is 12.2 Å². The molecule has 0 aliphatic carbocycles. The summed E-state index contributed by atoms with van der Waals surface area (Å²) in [6.45, 7) is 4.52. The number of anilines is 1. The Morgan fingerprint density at radius 3 is 2.37 bits per heavy atom. The Labute approximate surface area is 183 Å². The molecule has 4 rings (SSSR count). The van der Waals surface area contributed by atoms with Gasteiger partial charge in [0, 0.05) is 29.5 Å². The zero-order chi connectivity index (χ0) is 21.1. The molecule has 0 unspecified atom stereocenters. The molecule has 2 heterocycles. The van der Waals surface area contributed by atoms with Crippen molar-refractivity contribution < 1.29 is 4.79 Å². The zero-order valence-electron chi connectivity index (χ0n) is 16.7. The number of nitrogens with zero attached hydrogens (tertiary/aromatic N) is 3. The van der Waals surface area contributed by atoms with Gasteiger partial charge in [-0.15, -0.1) is 11.3 Å². The highest BCUT2D eigenvalue weighted by Gasteiger charge is 2.12. The highest BCUT2D eigenvalue weighted by Crippen LogP contribution is 2.25. The summed E-state index contributed by atoms with van der Waals surface area (Å²) in [4.78, 5) is 17.0. The Morgan fingerprint density at radius 1 is 1.07 bits per heavy atom. The topological polar surface area (TPSA) is 75.6 Å². The second-order valence-corrected chi connectivity index (χ2v) is 8.32. The van der Waals surface area contributed by atoms with E-state index in [0.717, 1.165) is 22.6 Å². The fraction of sp³-hybridized carbons (Fsp3) is 0.182. The van der Waals surface area contributed by atoms with Gasteiger partial charge >= 0.3 is 0 Å². The molecule has 0 atom stereocenters. The molecule has 2 aromatic carbocycles. The molecule has 0 bridgehead atoms. The molecule has 0 aliphatic rings. The monoisotopic (exact) mass is 435 g/mol. The van der Waals surface area contributed by atoms with Crippen LogP contribution in [0.4, 0.5) is 5.13 Å². The summed E-state index contributed by atoms with van der Waals surface area (Å²) in [5.74, 6) is 0.612. The standard InChI is InChI=1S/C22H21N5OS2/c1-14-3-7-16(8-4-14)18-13-30-21(23-18)24-19(28)11-12-27-20(25-26-22(27)29)17-9-5-15(2)6-10-17/h3-10,13H,11-12H2,1-2H3,(H,26,29)(H,23,24,28). The molecule has 0 aliphatic heterocycles. The van der Waals surface area contributed by atoms with E-state index < -0.39 is 0 Å². The predicted molar refractivity (Wildman–Crippen MR) is 123 cm³/mol. The molecule has 0 saturated carbocycles. The summed E-state index contributed by atoms with van der Waals surface area (Å²) >= 11 is 6.77. The van der Waals surface area contributed by atoms with E-state index in [2.05, 4.69) is 20.5 Å². The van der Waals surface area contributed by atoms with Gasteiger partial charge in [0.15, 0.2) is 15.7 Å². The van der Waals surface area contributed by atoms with Gasteiger partial charge < -0.3 is 5.32 Å². The first-order valence-corrected chi connectivity index (χ1v) is 10.8. The fourth-order valence-electron chi connectivity index (χ4n) is 3.03. The molecule has 6 nitrogen and oxygen atoms in total. The van der Waals surface area contributed by atoms with E-state index in [0.29, 0.717) is 16.4 Å². The van der Waals surface area contributed by atoms with Crippen LogP contribution >= 0.6 is 23.6 Å². The van der Waals surface area contributed by atoms with E-state index in [9.17, 15) is 4.79 Å². The molecule has 0 saturated heterocycles. The average Bonchev–Trinajstić information content (AvgIpc) is 3.34. The minimum absolute atomic E-state index is 0.113. The summed E-state index contributed by atoms with van der Waals surface area (Å²) in [7, 11) is 0. The van der Waals surface area contributed by atoms with Crippen molar-refractivity contribution in [3.63, 3.8) is 0 Å². The number of hydrogen-bond donors (Lipinski definition) is 2. The fourth-order valence-corrected chi connectivity index (χ4v) is 3.99. The summed E-state index contributed by atoms with van der Waals surface area (Å²) in [5, 5.41) is 12.6. The first-order chi connectivity index (χ1) is 14.5. The summed E-state index contributed by atoms with van der Waals surface area (Å²) in [6, 6.07) is 16.2. The third-order valence-corrected chi connectivity index (χ3v) is 5.80. The Bertz CT molecular complexity index is 1220. The minimum Gasteiger partial charge on any atom is -0.302 e. The van der Waals surface area contributed by atoms with Gasteiger partial charge in [-0.25, -0.2) is 4.98 Å². The zero-order valence-corrected chi connectivity index (χ0v) is 18.3. The number of thiazole rings is 1. The Hall–Kier alpha value is -3.10. The van der Waals surface area contributed by atoms with Crippen LogP contribution in [0.25, 0.3) is 22.6 Å². The van der Waals surface area contributed by atoms with Crippen molar-refractivity contribution in [2.45, 2.75) is 26.8 Å². The lowest BCUT2D eigenvalue weighted by Crippen LogP contribution is -2.15. The third kappa shape index (κ3) is 4.55. The van der Waals surface area contributed by atoms with Crippen molar-refractivity contribution >= 4 is 34.6 Å². The highest BCUT2D eigenvalue weighted by molar-refractivity contribution is 7.71. The quantitative estimate of drug-likeness (QED) is 0.399. The minimum atomic E-state index is -0.113. The largest absolute Gasteiger partial charge is 0.302 e. The van der Waals surface area contributed by atoms with Crippen LogP contribution in [0.5, 0.6) is 0 Å². The number of aromatic nitrogens is 4. The van der Waals surface area contributed by atoms with Gasteiger partial charge in [0.05, 0.1) is 5.69 Å². The third-order valence-electron chi connectivity index (χ3n) is 4.73. The number of carbonyl (C=O) groups excluding carboxylic acids is 1. The van der Waals surface area contributed by atoms with Gasteiger partial charge in [0.25, 0.3) is 0 Å². The van der Waals surface area contributed by atoms with Gasteiger partial charge in [0.2, 0.25) is 5.91 Å². The number of rotatable bonds is 6. The number of hydrogen-bond acceptors (Lipinski definition) is 5. The lowest BCUT2D eigenvalue weighted by molar-refractivity contribution is -0.116. The molecule has 0 radical (unpaired) electrons. The van der Waals surface area contributed by atoms with Crippen molar-refractivity contribution in [3.8, 4) is 22.6 Å². The highest BCUT2D eigenvalue weighted by atomic mass is 32.1. The van der Waals surface area contributed by atoms with Crippen molar-refractivity contribution in [3.05, 3.63) is 69.8 Å². The molecular weight excluding hydrogens is 414 g/mol. The molecule has 2 aromatic heterocycles. The lowest BCUT2D eigenvalue weighted by atomic mass is 10.1. The van der Waals surface area contributed by atoms with Crippen LogP contribution in [0, 0.1) is 18.6 Å². The van der Waals surface area contributed by atoms with Crippen LogP contribution in [0.3, 0.4) is 0 Å². The van der Waals surface area contributed by atoms with Crippen LogP contribution in [0.2, 0.25) is 0 Å². The molecule has 4 aromatic rings. The molecule has 8 heteroatoms. The van der Waals surface area contributed by atoms with Gasteiger partial charge in [-0.3, -0.25) is 14.5 Å². The number of nitrogens with one attached hydrogen (secondary N) is 2. The Balaban J connectivity index is 1.41. The summed E-state index contributed by atoms with van der Waals surface area (Å²) in [5.41, 5.74) is 5.22. The summed E-state index contributed by atoms with van der Waals surface area (Å²) < 4.78 is 2.34. The first kappa shape index (κ1) is 20.2. The van der Waals surface area contributed by atoms with Crippen LogP contribution in [-0.2, 0) is 11.3 Å². The smallest absolute Gasteiger partial charge is 0.227 e. The maximum absolute atomic E-state index is 12.5. The average molecular weight is 436 g/mol. The number of H-pyrrole nitrogens is 1. The van der Waals surface area contributed by atoms with Gasteiger partial charge in [-0.2, -0.15) is 5.10 Å². The molecule has 2 N–H and O–H groups in total. The molecular formula is C22H21N5OS2. The van der Waals surface area contributed by atoms with Crippen LogP contribution < -0.4 is 5.32 Å². The number of amides is 1. The lowest BCUT2D eigenvalue weighted by Gasteiger charge is -2.07. The van der Waals surface area contributed by atoms with Crippen molar-refractivity contribution in [2.75, 3.05) is 5.32 Å². The van der Waals surface area contributed by atoms with E-state index >= 15 is 0 Å². The predicted octanol–water partition coefficient (Wildman–Crippen LogP) is 5.38. The maximum atomic E-state index is 12.5. The molecule has 0 fully saturated rings. The van der Waals surface area contributed by atoms with Crippen molar-refractivity contribution in [1.82, 2.24) is 19.7 Å². The van der Waals surface area contributed by atoms with E-state index in [1.807, 2.05) is 72.3 Å². The molecule has 30 heavy (non-hydrogen) atoms. The normalized spacial score (nSPS) is 10.9. The van der Waals surface area contributed by atoms with Gasteiger partial charge in [-0.1, -0.05) is 59.7 Å². The SMILES string of the molecule is Cc1ccc(-c2csc(NC(=O)CCn3c(-c4ccc(C)cc4)n[nH]c3=S)n2)cc1. The maximum Gasteiger partial charge on any atom is 0.227 e. The molecule has 0 spiro atoms. The first-order valence-electron chi connectivity index (χ1n) is 9.54. The van der Waals surface area contributed by atoms with Crippen LogP contribution in [-0.4, -0.2) is 25.7 Å². The second-order valence-electron chi connectivity index (χ2n) is 7.07. The van der Waals surface area contributed by atoms with E-state index in [-0.39, 0.29) is 12.3 Å². The molecule has 1 amide bonds. The van der Waals surface area contributed by atoms with Crippen LogP contribution in [0.15, 0.2) is 53.9 Å². The second kappa shape index (κ2) is 8.73. The number of aryl methyl sites for hydroxylation is 2. The van der Waals surface area contributed by atoms with Gasteiger partial charge in [-0.05, 0) is 26.1 Å². The Morgan fingerprint density at radius 2 is 1.70 bits per heavy atom. The van der Waals surface area contributed by atoms with Crippen molar-refractivity contribution in [1.29, 1.82) is 0 Å². The van der Waals surface area contributed by atoms with Crippen LogP contribution in [0.1, 0.15) is 17.5 Å². The van der Waals surface area contributed by atoms with E-state index in [1.165, 1.54) is 22.5 Å². The van der Waals surface area contributed by atoms with Crippen molar-refractivity contribution in [2.24, 2.45) is 0 Å². The molecule has 152 valence electrons. The number of aromatic amines is 1.